The van der Waals surface area contributed by atoms with Crippen molar-refractivity contribution in [3.05, 3.63) is 24.3 Å². The van der Waals surface area contributed by atoms with Gasteiger partial charge in [0.05, 0.1) is 19.8 Å². The standard InChI is InChI=1S/C49H92O9/c1-3-5-7-9-11-13-15-17-19-21-22-24-26-28-30-32-34-36-38-45(51)57-43(42-56-49-48(54)47(53)46(52)44(40-50)58-49)41-55-39-37-35-33-31-29-27-25-23-20-18-16-14-12-10-8-6-4-2/h19-21,23,43-44,46-50,52-54H,3-18,22,24-42H2,1-2H3/b21-19-,23-20-. The van der Waals surface area contributed by atoms with Crippen molar-refractivity contribution in [2.75, 3.05) is 26.4 Å². The van der Waals surface area contributed by atoms with Crippen LogP contribution in [0.1, 0.15) is 219 Å². The normalized spacial score (nSPS) is 20.4. The smallest absolute Gasteiger partial charge is 0.306 e. The Morgan fingerprint density at radius 1 is 0.534 bits per heavy atom. The van der Waals surface area contributed by atoms with E-state index in [9.17, 15) is 25.2 Å². The van der Waals surface area contributed by atoms with Crippen LogP contribution in [-0.4, -0.2) is 89.6 Å². The van der Waals surface area contributed by atoms with Crippen LogP contribution in [0.25, 0.3) is 0 Å². The highest BCUT2D eigenvalue weighted by atomic mass is 16.7. The first-order valence-electron chi connectivity index (χ1n) is 24.4. The second kappa shape index (κ2) is 41.0. The number of hydrogen-bond acceptors (Lipinski definition) is 9. The molecule has 0 aromatic heterocycles. The van der Waals surface area contributed by atoms with Gasteiger partial charge in [-0.1, -0.05) is 173 Å². The first kappa shape index (κ1) is 54.7. The molecule has 1 heterocycles. The van der Waals surface area contributed by atoms with Gasteiger partial charge in [0.25, 0.3) is 0 Å². The van der Waals surface area contributed by atoms with Crippen LogP contribution >= 0.6 is 0 Å². The third kappa shape index (κ3) is 31.5. The van der Waals surface area contributed by atoms with E-state index in [1.165, 1.54) is 167 Å². The minimum Gasteiger partial charge on any atom is -0.457 e. The lowest BCUT2D eigenvalue weighted by Gasteiger charge is -2.39. The quantitative estimate of drug-likeness (QED) is 0.0269. The molecule has 1 aliphatic heterocycles. The summed E-state index contributed by atoms with van der Waals surface area (Å²) in [5.41, 5.74) is 0. The highest BCUT2D eigenvalue weighted by Gasteiger charge is 2.44. The molecule has 1 saturated heterocycles. The number of rotatable bonds is 42. The van der Waals surface area contributed by atoms with Crippen LogP contribution in [0.2, 0.25) is 0 Å². The van der Waals surface area contributed by atoms with E-state index in [-0.39, 0.29) is 19.2 Å². The van der Waals surface area contributed by atoms with Crippen LogP contribution in [-0.2, 0) is 23.7 Å². The fourth-order valence-corrected chi connectivity index (χ4v) is 7.48. The highest BCUT2D eigenvalue weighted by Crippen LogP contribution is 2.23. The zero-order chi connectivity index (χ0) is 42.2. The molecule has 1 aliphatic rings. The topological polar surface area (TPSA) is 135 Å². The molecular formula is C49H92O9. The lowest BCUT2D eigenvalue weighted by atomic mass is 9.99. The first-order chi connectivity index (χ1) is 28.4. The van der Waals surface area contributed by atoms with Crippen molar-refractivity contribution in [2.24, 2.45) is 0 Å². The van der Waals surface area contributed by atoms with E-state index >= 15 is 0 Å². The van der Waals surface area contributed by atoms with Gasteiger partial charge in [-0.3, -0.25) is 4.79 Å². The third-order valence-electron chi connectivity index (χ3n) is 11.3. The van der Waals surface area contributed by atoms with Crippen LogP contribution in [0.15, 0.2) is 24.3 Å². The third-order valence-corrected chi connectivity index (χ3v) is 11.3. The Kier molecular flexibility index (Phi) is 38.7. The molecule has 0 aromatic carbocycles. The minimum absolute atomic E-state index is 0.115. The fourth-order valence-electron chi connectivity index (χ4n) is 7.48. The molecular weight excluding hydrogens is 733 g/mol. The largest absolute Gasteiger partial charge is 0.457 e. The molecule has 0 spiro atoms. The lowest BCUT2D eigenvalue weighted by molar-refractivity contribution is -0.305. The Hall–Kier alpha value is -1.33. The summed E-state index contributed by atoms with van der Waals surface area (Å²) in [7, 11) is 0. The van der Waals surface area contributed by atoms with E-state index in [1.807, 2.05) is 0 Å². The van der Waals surface area contributed by atoms with Crippen molar-refractivity contribution in [3.8, 4) is 0 Å². The van der Waals surface area contributed by atoms with Crippen molar-refractivity contribution in [1.82, 2.24) is 0 Å². The van der Waals surface area contributed by atoms with Gasteiger partial charge >= 0.3 is 5.97 Å². The molecule has 9 nitrogen and oxygen atoms in total. The summed E-state index contributed by atoms with van der Waals surface area (Å²) in [5, 5.41) is 40.2. The van der Waals surface area contributed by atoms with E-state index in [0.717, 1.165) is 32.1 Å². The van der Waals surface area contributed by atoms with Gasteiger partial charge in [-0.2, -0.15) is 0 Å². The van der Waals surface area contributed by atoms with E-state index in [0.29, 0.717) is 13.0 Å². The molecule has 0 saturated carbocycles. The van der Waals surface area contributed by atoms with Crippen LogP contribution in [0, 0.1) is 0 Å². The van der Waals surface area contributed by atoms with Gasteiger partial charge in [0.15, 0.2) is 6.29 Å². The number of ether oxygens (including phenoxy) is 4. The van der Waals surface area contributed by atoms with Crippen molar-refractivity contribution < 1.29 is 44.2 Å². The van der Waals surface area contributed by atoms with E-state index in [4.69, 9.17) is 18.9 Å². The molecule has 0 amide bonds. The number of carbonyl (C=O) groups is 1. The monoisotopic (exact) mass is 825 g/mol. The maximum Gasteiger partial charge on any atom is 0.306 e. The molecule has 6 unspecified atom stereocenters. The maximum atomic E-state index is 12.8. The molecule has 0 aliphatic carbocycles. The molecule has 0 aromatic rings. The van der Waals surface area contributed by atoms with Crippen molar-refractivity contribution >= 4 is 5.97 Å². The van der Waals surface area contributed by atoms with Gasteiger partial charge in [-0.25, -0.2) is 0 Å². The Labute approximate surface area is 356 Å². The summed E-state index contributed by atoms with van der Waals surface area (Å²) in [6.45, 7) is 4.56. The number of allylic oxidation sites excluding steroid dienone is 4. The molecule has 0 radical (unpaired) electrons. The maximum absolute atomic E-state index is 12.8. The van der Waals surface area contributed by atoms with Gasteiger partial charge in [0.1, 0.15) is 30.5 Å². The highest BCUT2D eigenvalue weighted by molar-refractivity contribution is 5.69. The number of carbonyl (C=O) groups excluding carboxylic acids is 1. The second-order valence-electron chi connectivity index (χ2n) is 16.9. The summed E-state index contributed by atoms with van der Waals surface area (Å²) < 4.78 is 22.9. The molecule has 1 fully saturated rings. The average Bonchev–Trinajstić information content (AvgIpc) is 3.22. The van der Waals surface area contributed by atoms with Gasteiger partial charge in [0, 0.05) is 13.0 Å². The Balaban J connectivity index is 2.24. The fraction of sp³-hybridized carbons (Fsp3) is 0.898. The number of hydrogen-bond donors (Lipinski definition) is 4. The van der Waals surface area contributed by atoms with Crippen LogP contribution in [0.3, 0.4) is 0 Å². The van der Waals surface area contributed by atoms with E-state index in [2.05, 4.69) is 38.2 Å². The van der Waals surface area contributed by atoms with Gasteiger partial charge in [0.2, 0.25) is 0 Å². The number of aliphatic hydroxyl groups is 4. The Morgan fingerprint density at radius 2 is 0.948 bits per heavy atom. The average molecular weight is 825 g/mol. The second-order valence-corrected chi connectivity index (χ2v) is 16.9. The van der Waals surface area contributed by atoms with Crippen LogP contribution in [0.5, 0.6) is 0 Å². The summed E-state index contributed by atoms with van der Waals surface area (Å²) in [6, 6.07) is 0. The summed E-state index contributed by atoms with van der Waals surface area (Å²) in [4.78, 5) is 12.8. The number of aliphatic hydroxyl groups excluding tert-OH is 4. The Bertz CT molecular complexity index is 941. The van der Waals surface area contributed by atoms with Crippen molar-refractivity contribution in [1.29, 1.82) is 0 Å². The van der Waals surface area contributed by atoms with Crippen LogP contribution in [0.4, 0.5) is 0 Å². The van der Waals surface area contributed by atoms with Crippen molar-refractivity contribution in [3.63, 3.8) is 0 Å². The van der Waals surface area contributed by atoms with Crippen molar-refractivity contribution in [2.45, 2.75) is 256 Å². The molecule has 6 atom stereocenters. The van der Waals surface area contributed by atoms with Crippen LogP contribution < -0.4 is 0 Å². The van der Waals surface area contributed by atoms with Gasteiger partial charge in [-0.15, -0.1) is 0 Å². The number of esters is 1. The molecule has 1 rings (SSSR count). The zero-order valence-corrected chi connectivity index (χ0v) is 37.6. The first-order valence-corrected chi connectivity index (χ1v) is 24.4. The summed E-state index contributed by atoms with van der Waals surface area (Å²) in [5.74, 6) is -0.318. The van der Waals surface area contributed by atoms with E-state index in [1.54, 1.807) is 0 Å². The molecule has 342 valence electrons. The molecule has 4 N–H and O–H groups in total. The summed E-state index contributed by atoms with van der Waals surface area (Å²) >= 11 is 0. The molecule has 0 bridgehead atoms. The molecule has 9 heteroatoms. The summed E-state index contributed by atoms with van der Waals surface area (Å²) in [6.07, 6.45) is 40.6. The van der Waals surface area contributed by atoms with E-state index < -0.39 is 43.4 Å². The predicted octanol–water partition coefficient (Wildman–Crippen LogP) is 11.4. The number of unbranched alkanes of at least 4 members (excludes halogenated alkanes) is 27. The molecule has 58 heavy (non-hydrogen) atoms. The minimum atomic E-state index is -1.54. The predicted molar refractivity (Wildman–Crippen MR) is 238 cm³/mol. The SMILES string of the molecule is CCCCCCCCC/C=C\CCCCCCCCCC(=O)OC(COCCCCCCCC/C=C\CCCCCCCCC)COC1OC(CO)C(O)C(O)C1O. The van der Waals surface area contributed by atoms with Gasteiger partial charge < -0.3 is 39.4 Å². The van der Waals surface area contributed by atoms with Gasteiger partial charge in [-0.05, 0) is 64.2 Å². The lowest BCUT2D eigenvalue weighted by Crippen LogP contribution is -2.59. The Morgan fingerprint density at radius 3 is 1.40 bits per heavy atom. The zero-order valence-electron chi connectivity index (χ0n) is 37.6.